The molecule has 1 atom stereocenters. The number of rotatable bonds is 6. The van der Waals surface area contributed by atoms with Gasteiger partial charge in [-0.05, 0) is 23.6 Å². The van der Waals surface area contributed by atoms with E-state index in [1.807, 2.05) is 9.58 Å². The summed E-state index contributed by atoms with van der Waals surface area (Å²) in [5.74, 6) is 0.248. The van der Waals surface area contributed by atoms with E-state index in [1.54, 1.807) is 18.5 Å². The number of halogens is 1. The van der Waals surface area contributed by atoms with Crippen LogP contribution in [0.15, 0.2) is 36.9 Å². The van der Waals surface area contributed by atoms with Gasteiger partial charge in [0.25, 0.3) is 0 Å². The predicted octanol–water partition coefficient (Wildman–Crippen LogP) is 2.18. The Kier molecular flexibility index (Phi) is 5.98. The molecular weight excluding hydrogens is 333 g/mol. The van der Waals surface area contributed by atoms with E-state index in [0.717, 1.165) is 31.7 Å². The molecule has 1 aliphatic rings. The standard InChI is InChI=1S/C19H26FN5O/c1-15(2)18-12-23(9-10-24-14-21-13-22-24)8-7-19(26)25(18)11-16-3-5-17(20)6-4-16/h3-6,13-15,18H,7-12H2,1-2H3. The molecule has 3 rings (SSSR count). The van der Waals surface area contributed by atoms with Crippen molar-refractivity contribution in [3.8, 4) is 0 Å². The number of hydrogen-bond acceptors (Lipinski definition) is 4. The van der Waals surface area contributed by atoms with Gasteiger partial charge in [-0.15, -0.1) is 0 Å². The smallest absolute Gasteiger partial charge is 0.224 e. The maximum Gasteiger partial charge on any atom is 0.224 e. The average molecular weight is 359 g/mol. The molecule has 1 aromatic carbocycles. The maximum absolute atomic E-state index is 13.2. The van der Waals surface area contributed by atoms with Gasteiger partial charge in [-0.25, -0.2) is 9.37 Å². The van der Waals surface area contributed by atoms with E-state index in [2.05, 4.69) is 28.8 Å². The minimum absolute atomic E-state index is 0.130. The van der Waals surface area contributed by atoms with Gasteiger partial charge in [-0.3, -0.25) is 14.4 Å². The molecule has 1 aromatic heterocycles. The van der Waals surface area contributed by atoms with Crippen molar-refractivity contribution in [2.24, 2.45) is 5.92 Å². The van der Waals surface area contributed by atoms with Crippen molar-refractivity contribution in [2.45, 2.75) is 39.4 Å². The maximum atomic E-state index is 13.2. The van der Waals surface area contributed by atoms with E-state index in [4.69, 9.17) is 0 Å². The monoisotopic (exact) mass is 359 g/mol. The lowest BCUT2D eigenvalue weighted by Gasteiger charge is -2.35. The summed E-state index contributed by atoms with van der Waals surface area (Å²) in [4.78, 5) is 21.0. The van der Waals surface area contributed by atoms with E-state index in [9.17, 15) is 9.18 Å². The van der Waals surface area contributed by atoms with Crippen LogP contribution in [0, 0.1) is 11.7 Å². The van der Waals surface area contributed by atoms with Gasteiger partial charge in [0.15, 0.2) is 0 Å². The van der Waals surface area contributed by atoms with Crippen molar-refractivity contribution in [2.75, 3.05) is 19.6 Å². The zero-order valence-electron chi connectivity index (χ0n) is 15.4. The van der Waals surface area contributed by atoms with Crippen LogP contribution in [0.25, 0.3) is 0 Å². The minimum atomic E-state index is -0.254. The van der Waals surface area contributed by atoms with Gasteiger partial charge in [0.2, 0.25) is 5.91 Å². The van der Waals surface area contributed by atoms with Crippen molar-refractivity contribution in [3.63, 3.8) is 0 Å². The van der Waals surface area contributed by atoms with E-state index >= 15 is 0 Å². The second-order valence-electron chi connectivity index (χ2n) is 7.17. The van der Waals surface area contributed by atoms with Crippen LogP contribution in [0.3, 0.4) is 0 Å². The number of carbonyl (C=O) groups is 1. The number of aromatic nitrogens is 3. The molecule has 1 fully saturated rings. The zero-order valence-corrected chi connectivity index (χ0v) is 15.4. The highest BCUT2D eigenvalue weighted by Crippen LogP contribution is 2.21. The number of hydrogen-bond donors (Lipinski definition) is 0. The van der Waals surface area contributed by atoms with Gasteiger partial charge >= 0.3 is 0 Å². The van der Waals surface area contributed by atoms with Gasteiger partial charge in [0.05, 0.1) is 6.54 Å². The SMILES string of the molecule is CC(C)C1CN(CCn2cncn2)CCC(=O)N1Cc1ccc(F)cc1. The van der Waals surface area contributed by atoms with Crippen molar-refractivity contribution < 1.29 is 9.18 Å². The molecule has 2 heterocycles. The van der Waals surface area contributed by atoms with Crippen molar-refractivity contribution in [3.05, 3.63) is 48.3 Å². The fourth-order valence-electron chi connectivity index (χ4n) is 3.39. The fourth-order valence-corrected chi connectivity index (χ4v) is 3.39. The minimum Gasteiger partial charge on any atom is -0.334 e. The lowest BCUT2D eigenvalue weighted by molar-refractivity contribution is -0.134. The van der Waals surface area contributed by atoms with Crippen LogP contribution in [-0.2, 0) is 17.9 Å². The topological polar surface area (TPSA) is 54.3 Å². The van der Waals surface area contributed by atoms with Crippen LogP contribution in [0.4, 0.5) is 4.39 Å². The first-order valence-electron chi connectivity index (χ1n) is 9.11. The van der Waals surface area contributed by atoms with Crippen LogP contribution in [0.5, 0.6) is 0 Å². The van der Waals surface area contributed by atoms with Gasteiger partial charge < -0.3 is 4.90 Å². The first-order chi connectivity index (χ1) is 12.5. The van der Waals surface area contributed by atoms with Gasteiger partial charge in [0, 0.05) is 38.6 Å². The molecule has 0 spiro atoms. The summed E-state index contributed by atoms with van der Waals surface area (Å²) in [6.45, 7) is 8.00. The molecule has 0 aliphatic carbocycles. The van der Waals surface area contributed by atoms with Crippen molar-refractivity contribution >= 4 is 5.91 Å². The third kappa shape index (κ3) is 4.66. The molecule has 0 saturated carbocycles. The molecular formula is C19H26FN5O. The normalized spacial score (nSPS) is 19.2. The summed E-state index contributed by atoms with van der Waals surface area (Å²) in [5, 5.41) is 4.14. The molecule has 1 aliphatic heterocycles. The van der Waals surface area contributed by atoms with Crippen LogP contribution in [-0.4, -0.2) is 56.1 Å². The van der Waals surface area contributed by atoms with Crippen LogP contribution < -0.4 is 0 Å². The van der Waals surface area contributed by atoms with Crippen LogP contribution in [0.2, 0.25) is 0 Å². The largest absolute Gasteiger partial charge is 0.334 e. The average Bonchev–Trinajstić information content (AvgIpc) is 3.08. The second kappa shape index (κ2) is 8.40. The Balaban J connectivity index is 1.69. The van der Waals surface area contributed by atoms with Crippen LogP contribution >= 0.6 is 0 Å². The molecule has 0 N–H and O–H groups in total. The molecule has 1 saturated heterocycles. The first kappa shape index (κ1) is 18.5. The van der Waals surface area contributed by atoms with E-state index in [0.29, 0.717) is 18.9 Å². The highest BCUT2D eigenvalue weighted by molar-refractivity contribution is 5.77. The van der Waals surface area contributed by atoms with E-state index in [-0.39, 0.29) is 17.8 Å². The Labute approximate surface area is 153 Å². The summed E-state index contributed by atoms with van der Waals surface area (Å²) in [7, 11) is 0. The molecule has 6 nitrogen and oxygen atoms in total. The fraction of sp³-hybridized carbons (Fsp3) is 0.526. The Hall–Kier alpha value is -2.28. The van der Waals surface area contributed by atoms with E-state index < -0.39 is 0 Å². The summed E-state index contributed by atoms with van der Waals surface area (Å²) in [6, 6.07) is 6.55. The van der Waals surface area contributed by atoms with E-state index in [1.165, 1.54) is 18.5 Å². The molecule has 1 unspecified atom stereocenters. The van der Waals surface area contributed by atoms with Crippen LogP contribution in [0.1, 0.15) is 25.8 Å². The molecule has 2 aromatic rings. The number of benzene rings is 1. The summed E-state index contributed by atoms with van der Waals surface area (Å²) < 4.78 is 15.0. The first-order valence-corrected chi connectivity index (χ1v) is 9.11. The van der Waals surface area contributed by atoms with Gasteiger partial charge in [-0.1, -0.05) is 26.0 Å². The Bertz CT molecular complexity index is 701. The Morgan fingerprint density at radius 2 is 2.00 bits per heavy atom. The van der Waals surface area contributed by atoms with Gasteiger partial charge in [-0.2, -0.15) is 5.10 Å². The second-order valence-corrected chi connectivity index (χ2v) is 7.17. The summed E-state index contributed by atoms with van der Waals surface area (Å²) in [5.41, 5.74) is 0.960. The lowest BCUT2D eigenvalue weighted by atomic mass is 10.0. The zero-order chi connectivity index (χ0) is 18.5. The third-order valence-corrected chi connectivity index (χ3v) is 4.96. The summed E-state index contributed by atoms with van der Waals surface area (Å²) >= 11 is 0. The van der Waals surface area contributed by atoms with Crippen molar-refractivity contribution in [1.82, 2.24) is 24.6 Å². The highest BCUT2D eigenvalue weighted by Gasteiger charge is 2.31. The molecule has 0 radical (unpaired) electrons. The number of amides is 1. The molecule has 1 amide bonds. The molecule has 140 valence electrons. The number of carbonyl (C=O) groups excluding carboxylic acids is 1. The molecule has 0 bridgehead atoms. The lowest BCUT2D eigenvalue weighted by Crippen LogP contribution is -2.46. The van der Waals surface area contributed by atoms with Gasteiger partial charge in [0.1, 0.15) is 18.5 Å². The summed E-state index contributed by atoms with van der Waals surface area (Å²) in [6.07, 6.45) is 3.75. The predicted molar refractivity (Wildman–Crippen MR) is 96.7 cm³/mol. The quantitative estimate of drug-likeness (QED) is 0.793. The highest BCUT2D eigenvalue weighted by atomic mass is 19.1. The third-order valence-electron chi connectivity index (χ3n) is 4.96. The number of nitrogens with zero attached hydrogens (tertiary/aromatic N) is 5. The molecule has 26 heavy (non-hydrogen) atoms. The van der Waals surface area contributed by atoms with Crippen molar-refractivity contribution in [1.29, 1.82) is 0 Å². The molecule has 7 heteroatoms. The Morgan fingerprint density at radius 3 is 2.65 bits per heavy atom. The Morgan fingerprint density at radius 1 is 1.23 bits per heavy atom.